The maximum Gasteiger partial charge on any atom is 0.264 e. The molecule has 1 saturated heterocycles. The zero-order chi connectivity index (χ0) is 22.2. The second-order valence-corrected chi connectivity index (χ2v) is 9.40. The van der Waals surface area contributed by atoms with Crippen LogP contribution in [0.2, 0.25) is 0 Å². The highest BCUT2D eigenvalue weighted by Crippen LogP contribution is 2.29. The van der Waals surface area contributed by atoms with Crippen molar-refractivity contribution in [3.05, 3.63) is 72.1 Å². The lowest BCUT2D eigenvalue weighted by Crippen LogP contribution is -2.37. The first-order valence-corrected chi connectivity index (χ1v) is 11.5. The van der Waals surface area contributed by atoms with E-state index in [4.69, 9.17) is 0 Å². The Hall–Kier alpha value is -3.26. The van der Waals surface area contributed by atoms with Crippen LogP contribution in [0.4, 0.5) is 0 Å². The van der Waals surface area contributed by atoms with Gasteiger partial charge in [-0.05, 0) is 31.5 Å². The van der Waals surface area contributed by atoms with Crippen LogP contribution in [0.3, 0.4) is 0 Å². The molecule has 1 fully saturated rings. The van der Waals surface area contributed by atoms with Gasteiger partial charge in [-0.3, -0.25) is 14.6 Å². The summed E-state index contributed by atoms with van der Waals surface area (Å²) in [5, 5.41) is 1.20. The number of pyridine rings is 1. The molecule has 1 N–H and O–H groups in total. The second-order valence-electron chi connectivity index (χ2n) is 7.75. The topological polar surface area (TPSA) is 96.4 Å². The van der Waals surface area contributed by atoms with Crippen LogP contribution in [0.15, 0.2) is 65.7 Å². The number of aryl methyl sites for hydroxylation is 1. The quantitative estimate of drug-likeness (QED) is 0.662. The van der Waals surface area contributed by atoms with Gasteiger partial charge in [0, 0.05) is 35.6 Å². The lowest BCUT2D eigenvalue weighted by Gasteiger charge is -2.25. The number of nitrogens with zero attached hydrogens (tertiary/aromatic N) is 2. The van der Waals surface area contributed by atoms with E-state index in [1.54, 1.807) is 30.0 Å². The van der Waals surface area contributed by atoms with Crippen molar-refractivity contribution in [3.8, 4) is 0 Å². The van der Waals surface area contributed by atoms with Crippen molar-refractivity contribution >= 4 is 32.6 Å². The number of amides is 2. The van der Waals surface area contributed by atoms with Crippen molar-refractivity contribution in [2.45, 2.75) is 31.2 Å². The highest BCUT2D eigenvalue weighted by atomic mass is 32.2. The van der Waals surface area contributed by atoms with E-state index in [0.29, 0.717) is 16.5 Å². The number of likely N-dealkylation sites (tertiary alicyclic amines) is 1. The van der Waals surface area contributed by atoms with Gasteiger partial charge in [-0.1, -0.05) is 42.5 Å². The Morgan fingerprint density at radius 3 is 2.58 bits per heavy atom. The largest absolute Gasteiger partial charge is 0.335 e. The van der Waals surface area contributed by atoms with Crippen LogP contribution >= 0.6 is 0 Å². The van der Waals surface area contributed by atoms with Crippen LogP contribution < -0.4 is 4.72 Å². The van der Waals surface area contributed by atoms with Gasteiger partial charge in [-0.15, -0.1) is 0 Å². The third-order valence-electron chi connectivity index (χ3n) is 5.77. The first kappa shape index (κ1) is 21.0. The fourth-order valence-corrected chi connectivity index (χ4v) is 5.29. The number of nitrogens with one attached hydrogen (secondary N) is 1. The van der Waals surface area contributed by atoms with Gasteiger partial charge in [0.05, 0.1) is 16.9 Å². The van der Waals surface area contributed by atoms with Crippen molar-refractivity contribution in [2.24, 2.45) is 5.92 Å². The van der Waals surface area contributed by atoms with Gasteiger partial charge in [0.2, 0.25) is 11.8 Å². The Bertz CT molecular complexity index is 1260. The van der Waals surface area contributed by atoms with E-state index in [2.05, 4.69) is 9.71 Å². The third kappa shape index (κ3) is 4.03. The molecule has 2 amide bonds. The molecular formula is C23H23N3O4S. The number of sulfonamides is 1. The summed E-state index contributed by atoms with van der Waals surface area (Å²) in [6.07, 6.45) is 1.52. The average molecular weight is 438 g/mol. The number of benzene rings is 2. The number of carbonyl (C=O) groups is 2. The number of fused-ring (bicyclic) bond motifs is 1. The second kappa shape index (κ2) is 8.11. The monoisotopic (exact) mass is 437 g/mol. The van der Waals surface area contributed by atoms with E-state index in [9.17, 15) is 18.0 Å². The Balaban J connectivity index is 1.54. The smallest absolute Gasteiger partial charge is 0.264 e. The first-order valence-electron chi connectivity index (χ1n) is 10.0. The molecule has 8 heteroatoms. The molecule has 0 aliphatic carbocycles. The zero-order valence-corrected chi connectivity index (χ0v) is 18.1. The molecule has 2 unspecified atom stereocenters. The van der Waals surface area contributed by atoms with Gasteiger partial charge in [0.25, 0.3) is 10.0 Å². The molecule has 1 aliphatic rings. The summed E-state index contributed by atoms with van der Waals surface area (Å²) in [6.45, 7) is 3.87. The molecular weight excluding hydrogens is 414 g/mol. The summed E-state index contributed by atoms with van der Waals surface area (Å²) in [6, 6.07) is 15.8. The molecule has 4 rings (SSSR count). The maximum absolute atomic E-state index is 13.0. The van der Waals surface area contributed by atoms with Crippen molar-refractivity contribution in [2.75, 3.05) is 6.54 Å². The molecule has 2 aromatic carbocycles. The number of rotatable bonds is 5. The predicted octanol–water partition coefficient (Wildman–Crippen LogP) is 2.96. The normalized spacial score (nSPS) is 17.7. The lowest BCUT2D eigenvalue weighted by molar-refractivity contribution is -0.130. The summed E-state index contributed by atoms with van der Waals surface area (Å²) in [5.74, 6) is -1.56. The molecule has 1 aliphatic heterocycles. The van der Waals surface area contributed by atoms with Gasteiger partial charge in [-0.25, -0.2) is 13.1 Å². The van der Waals surface area contributed by atoms with Crippen LogP contribution in [-0.4, -0.2) is 36.7 Å². The molecule has 7 nitrogen and oxygen atoms in total. The van der Waals surface area contributed by atoms with Gasteiger partial charge in [-0.2, -0.15) is 0 Å². The summed E-state index contributed by atoms with van der Waals surface area (Å²) >= 11 is 0. The fraction of sp³-hybridized carbons (Fsp3) is 0.261. The minimum Gasteiger partial charge on any atom is -0.335 e. The summed E-state index contributed by atoms with van der Waals surface area (Å²) in [5.41, 5.74) is 1.66. The van der Waals surface area contributed by atoms with Crippen LogP contribution in [0, 0.1) is 12.8 Å². The first-order chi connectivity index (χ1) is 14.8. The van der Waals surface area contributed by atoms with Crippen molar-refractivity contribution in [3.63, 3.8) is 0 Å². The molecule has 0 bridgehead atoms. The minimum absolute atomic E-state index is 0.0164. The summed E-state index contributed by atoms with van der Waals surface area (Å²) < 4.78 is 28.2. The Morgan fingerprint density at radius 1 is 1.10 bits per heavy atom. The van der Waals surface area contributed by atoms with E-state index < -0.39 is 21.8 Å². The van der Waals surface area contributed by atoms with E-state index >= 15 is 0 Å². The van der Waals surface area contributed by atoms with Crippen LogP contribution in [0.5, 0.6) is 0 Å². The number of hydrogen-bond donors (Lipinski definition) is 1. The highest BCUT2D eigenvalue weighted by molar-refractivity contribution is 7.90. The van der Waals surface area contributed by atoms with E-state index in [1.807, 2.05) is 37.3 Å². The van der Waals surface area contributed by atoms with Crippen molar-refractivity contribution in [1.82, 2.24) is 14.6 Å². The molecule has 2 heterocycles. The van der Waals surface area contributed by atoms with Gasteiger partial charge in [0.1, 0.15) is 0 Å². The molecule has 160 valence electrons. The standard InChI is InChI=1S/C23H23N3O4S/c1-15-19-9-6-10-21(20(19)11-12-24-15)31(29,30)25-23(28)18-13-22(27)26(14-18)16(2)17-7-4-3-5-8-17/h3-12,16,18H,13-14H2,1-2H3,(H,25,28). The average Bonchev–Trinajstić information content (AvgIpc) is 3.15. The predicted molar refractivity (Wildman–Crippen MR) is 116 cm³/mol. The van der Waals surface area contributed by atoms with Gasteiger partial charge >= 0.3 is 0 Å². The summed E-state index contributed by atoms with van der Waals surface area (Å²) in [4.78, 5) is 31.2. The molecule has 1 aromatic heterocycles. The third-order valence-corrected chi connectivity index (χ3v) is 7.17. The molecule has 2 atom stereocenters. The molecule has 0 radical (unpaired) electrons. The van der Waals surface area contributed by atoms with E-state index in [0.717, 1.165) is 5.56 Å². The number of carbonyl (C=O) groups excluding carboxylic acids is 2. The van der Waals surface area contributed by atoms with Gasteiger partial charge < -0.3 is 4.90 Å². The van der Waals surface area contributed by atoms with Crippen LogP contribution in [0.1, 0.15) is 30.6 Å². The minimum atomic E-state index is -4.10. The summed E-state index contributed by atoms with van der Waals surface area (Å²) in [7, 11) is -4.10. The molecule has 31 heavy (non-hydrogen) atoms. The molecule has 0 saturated carbocycles. The SMILES string of the molecule is Cc1nccc2c(S(=O)(=O)NC(=O)C3CC(=O)N(C(C)c4ccccc4)C3)cccc12. The zero-order valence-electron chi connectivity index (χ0n) is 17.3. The van der Waals surface area contributed by atoms with Crippen molar-refractivity contribution in [1.29, 1.82) is 0 Å². The van der Waals surface area contributed by atoms with E-state index in [1.165, 1.54) is 12.3 Å². The van der Waals surface area contributed by atoms with Crippen molar-refractivity contribution < 1.29 is 18.0 Å². The number of aromatic nitrogens is 1. The lowest BCUT2D eigenvalue weighted by atomic mass is 10.1. The van der Waals surface area contributed by atoms with Gasteiger partial charge in [0.15, 0.2) is 0 Å². The highest BCUT2D eigenvalue weighted by Gasteiger charge is 2.38. The Kier molecular flexibility index (Phi) is 5.49. The van der Waals surface area contributed by atoms with Crippen LogP contribution in [-0.2, 0) is 19.6 Å². The number of hydrogen-bond acceptors (Lipinski definition) is 5. The van der Waals surface area contributed by atoms with E-state index in [-0.39, 0.29) is 29.8 Å². The Labute approximate surface area is 181 Å². The Morgan fingerprint density at radius 2 is 1.84 bits per heavy atom. The van der Waals surface area contributed by atoms with Crippen LogP contribution in [0.25, 0.3) is 10.8 Å². The maximum atomic E-state index is 13.0. The fourth-order valence-electron chi connectivity index (χ4n) is 4.02. The molecule has 3 aromatic rings. The molecule has 0 spiro atoms.